The quantitative estimate of drug-likeness (QED) is 0.669. The zero-order valence-electron chi connectivity index (χ0n) is 17.3. The van der Waals surface area contributed by atoms with E-state index in [2.05, 4.69) is 9.80 Å². The van der Waals surface area contributed by atoms with E-state index in [1.165, 1.54) is 38.5 Å². The summed E-state index contributed by atoms with van der Waals surface area (Å²) in [6.07, 6.45) is 7.80. The molecule has 1 saturated heterocycles. The van der Waals surface area contributed by atoms with E-state index in [1.54, 1.807) is 0 Å². The predicted molar refractivity (Wildman–Crippen MR) is 115 cm³/mol. The first kappa shape index (κ1) is 19.8. The first-order valence-corrected chi connectivity index (χ1v) is 11.8. The number of ether oxygens (including phenoxy) is 1. The van der Waals surface area contributed by atoms with Crippen molar-refractivity contribution in [3.05, 3.63) is 29.3 Å². The smallest absolute Gasteiger partial charge is 0.152 e. The lowest BCUT2D eigenvalue weighted by Crippen LogP contribution is -2.54. The number of hydrogen-bond acceptors (Lipinski definition) is 4. The Kier molecular flexibility index (Phi) is 5.61. The van der Waals surface area contributed by atoms with Crippen LogP contribution in [-0.2, 0) is 4.79 Å². The van der Waals surface area contributed by atoms with Crippen molar-refractivity contribution >= 4 is 17.4 Å². The summed E-state index contributed by atoms with van der Waals surface area (Å²) in [5.41, 5.74) is 0.0539. The first-order chi connectivity index (χ1) is 14.1. The number of hydrogen-bond donors (Lipinski definition) is 0. The van der Waals surface area contributed by atoms with E-state index >= 15 is 0 Å². The molecule has 5 aliphatic rings. The highest BCUT2D eigenvalue weighted by Crippen LogP contribution is 2.60. The van der Waals surface area contributed by atoms with Crippen LogP contribution in [0.4, 0.5) is 0 Å². The summed E-state index contributed by atoms with van der Waals surface area (Å²) < 4.78 is 5.82. The van der Waals surface area contributed by atoms with Gasteiger partial charge in [0.05, 0.1) is 6.54 Å². The Morgan fingerprint density at radius 3 is 2.07 bits per heavy atom. The maximum absolute atomic E-state index is 13.3. The predicted octanol–water partition coefficient (Wildman–Crippen LogP) is 4.12. The number of nitrogens with zero attached hydrogens (tertiary/aromatic N) is 2. The number of benzene rings is 1. The van der Waals surface area contributed by atoms with Gasteiger partial charge in [0.2, 0.25) is 0 Å². The Morgan fingerprint density at radius 1 is 0.931 bits per heavy atom. The van der Waals surface area contributed by atoms with Crippen molar-refractivity contribution < 1.29 is 9.53 Å². The molecule has 0 amide bonds. The molecule has 4 aliphatic carbocycles. The Hall–Kier alpha value is -1.10. The number of carbonyl (C=O) groups excluding carboxylic acids is 1. The molecular weight excluding hydrogens is 384 g/mol. The van der Waals surface area contributed by atoms with Gasteiger partial charge in [0.1, 0.15) is 12.4 Å². The Morgan fingerprint density at radius 2 is 1.48 bits per heavy atom. The fourth-order valence-electron chi connectivity index (χ4n) is 6.82. The van der Waals surface area contributed by atoms with Crippen molar-refractivity contribution in [3.63, 3.8) is 0 Å². The van der Waals surface area contributed by atoms with Crippen molar-refractivity contribution in [2.45, 2.75) is 38.5 Å². The molecule has 158 valence electrons. The molecule has 1 aliphatic heterocycles. The van der Waals surface area contributed by atoms with E-state index in [0.29, 0.717) is 18.9 Å². The van der Waals surface area contributed by atoms with Crippen LogP contribution in [0.1, 0.15) is 38.5 Å². The van der Waals surface area contributed by atoms with Gasteiger partial charge in [-0.3, -0.25) is 14.6 Å². The van der Waals surface area contributed by atoms with Gasteiger partial charge in [-0.1, -0.05) is 11.6 Å². The molecule has 1 aromatic carbocycles. The largest absolute Gasteiger partial charge is 0.492 e. The molecule has 0 N–H and O–H groups in total. The van der Waals surface area contributed by atoms with Gasteiger partial charge in [0, 0.05) is 43.2 Å². The van der Waals surface area contributed by atoms with Gasteiger partial charge in [-0.25, -0.2) is 0 Å². The fourth-order valence-corrected chi connectivity index (χ4v) is 6.94. The van der Waals surface area contributed by atoms with Crippen LogP contribution in [0, 0.1) is 23.2 Å². The number of halogens is 1. The van der Waals surface area contributed by atoms with E-state index in [4.69, 9.17) is 16.3 Å². The molecule has 0 radical (unpaired) electrons. The van der Waals surface area contributed by atoms with Crippen LogP contribution in [0.5, 0.6) is 5.75 Å². The maximum atomic E-state index is 13.3. The molecule has 0 unspecified atom stereocenters. The highest BCUT2D eigenvalue weighted by molar-refractivity contribution is 6.30. The summed E-state index contributed by atoms with van der Waals surface area (Å²) in [5, 5.41) is 0.733. The summed E-state index contributed by atoms with van der Waals surface area (Å²) in [7, 11) is 0. The van der Waals surface area contributed by atoms with Gasteiger partial charge in [-0.2, -0.15) is 0 Å². The van der Waals surface area contributed by atoms with Crippen LogP contribution in [0.25, 0.3) is 0 Å². The van der Waals surface area contributed by atoms with E-state index < -0.39 is 0 Å². The molecule has 4 saturated carbocycles. The van der Waals surface area contributed by atoms with Crippen molar-refractivity contribution in [1.82, 2.24) is 9.80 Å². The number of ketones is 1. The Bertz CT molecular complexity index is 692. The highest BCUT2D eigenvalue weighted by Gasteiger charge is 2.54. The minimum atomic E-state index is 0.0539. The summed E-state index contributed by atoms with van der Waals surface area (Å²) in [6, 6.07) is 7.54. The molecule has 4 bridgehead atoms. The summed E-state index contributed by atoms with van der Waals surface area (Å²) >= 11 is 5.91. The number of piperazine rings is 1. The minimum Gasteiger partial charge on any atom is -0.492 e. The average molecular weight is 417 g/mol. The Balaban J connectivity index is 1.06. The Labute approximate surface area is 179 Å². The molecule has 5 fully saturated rings. The maximum Gasteiger partial charge on any atom is 0.152 e. The molecule has 1 heterocycles. The molecule has 0 aromatic heterocycles. The average Bonchev–Trinajstić information content (AvgIpc) is 2.70. The molecule has 0 spiro atoms. The van der Waals surface area contributed by atoms with Crippen LogP contribution in [0.3, 0.4) is 0 Å². The zero-order chi connectivity index (χ0) is 19.8. The third kappa shape index (κ3) is 4.35. The minimum absolute atomic E-state index is 0.0539. The van der Waals surface area contributed by atoms with Gasteiger partial charge >= 0.3 is 0 Å². The van der Waals surface area contributed by atoms with Gasteiger partial charge in [0.15, 0.2) is 5.78 Å². The molecule has 1 aromatic rings. The van der Waals surface area contributed by atoms with Crippen molar-refractivity contribution in [2.24, 2.45) is 23.2 Å². The third-order valence-corrected chi connectivity index (χ3v) is 8.20. The first-order valence-electron chi connectivity index (χ1n) is 11.4. The second-order valence-electron chi connectivity index (χ2n) is 10.0. The van der Waals surface area contributed by atoms with Crippen LogP contribution in [0.2, 0.25) is 5.02 Å². The van der Waals surface area contributed by atoms with Crippen molar-refractivity contribution in [2.75, 3.05) is 45.9 Å². The van der Waals surface area contributed by atoms with Crippen molar-refractivity contribution in [3.8, 4) is 5.75 Å². The van der Waals surface area contributed by atoms with Gasteiger partial charge in [-0.05, 0) is 80.5 Å². The molecule has 29 heavy (non-hydrogen) atoms. The topological polar surface area (TPSA) is 32.8 Å². The van der Waals surface area contributed by atoms with E-state index in [1.807, 2.05) is 24.3 Å². The molecular formula is C24H33ClN2O2. The fraction of sp³-hybridized carbons (Fsp3) is 0.708. The highest BCUT2D eigenvalue weighted by atomic mass is 35.5. The SMILES string of the molecule is O=C(CN1CCN(CCOc2ccc(Cl)cc2)CC1)C12CC3CC(CC(C3)C1)C2. The van der Waals surface area contributed by atoms with Crippen molar-refractivity contribution in [1.29, 1.82) is 0 Å². The second kappa shape index (κ2) is 8.20. The van der Waals surface area contributed by atoms with Crippen LogP contribution >= 0.6 is 11.6 Å². The number of Topliss-reactive ketones (excluding diaryl/α,β-unsaturated/α-hetero) is 1. The molecule has 4 nitrogen and oxygen atoms in total. The third-order valence-electron chi connectivity index (χ3n) is 7.95. The van der Waals surface area contributed by atoms with E-state index in [9.17, 15) is 4.79 Å². The summed E-state index contributed by atoms with van der Waals surface area (Å²) in [6.45, 7) is 6.35. The van der Waals surface area contributed by atoms with Crippen LogP contribution in [0.15, 0.2) is 24.3 Å². The lowest BCUT2D eigenvalue weighted by Gasteiger charge is -2.56. The normalized spacial score (nSPS) is 34.4. The standard InChI is InChI=1S/C24H33ClN2O2/c25-21-1-3-22(4-2-21)29-10-9-26-5-7-27(8-6-26)17-23(28)24-14-18-11-19(15-24)13-20(12-18)16-24/h1-4,18-20H,5-17H2. The lowest BCUT2D eigenvalue weighted by molar-refractivity contribution is -0.145. The van der Waals surface area contributed by atoms with Crippen LogP contribution in [-0.4, -0.2) is 61.5 Å². The van der Waals surface area contributed by atoms with Gasteiger partial charge < -0.3 is 4.74 Å². The number of rotatable bonds is 7. The summed E-state index contributed by atoms with van der Waals surface area (Å²) in [4.78, 5) is 18.2. The van der Waals surface area contributed by atoms with E-state index in [-0.39, 0.29) is 5.41 Å². The molecule has 0 atom stereocenters. The number of carbonyl (C=O) groups is 1. The molecule has 6 rings (SSSR count). The monoisotopic (exact) mass is 416 g/mol. The molecule has 5 heteroatoms. The lowest BCUT2D eigenvalue weighted by atomic mass is 9.48. The van der Waals surface area contributed by atoms with E-state index in [0.717, 1.165) is 61.2 Å². The van der Waals surface area contributed by atoms with Crippen LogP contribution < -0.4 is 4.74 Å². The van der Waals surface area contributed by atoms with Gasteiger partial charge in [0.25, 0.3) is 0 Å². The summed E-state index contributed by atoms with van der Waals surface area (Å²) in [5.74, 6) is 3.98. The van der Waals surface area contributed by atoms with Gasteiger partial charge in [-0.15, -0.1) is 0 Å². The zero-order valence-corrected chi connectivity index (χ0v) is 18.1. The second-order valence-corrected chi connectivity index (χ2v) is 10.5.